The molecule has 0 radical (unpaired) electrons. The van der Waals surface area contributed by atoms with Gasteiger partial charge in [0.15, 0.2) is 0 Å². The van der Waals surface area contributed by atoms with Gasteiger partial charge in [-0.05, 0) is 58.2 Å². The van der Waals surface area contributed by atoms with Crippen LogP contribution in [0.4, 0.5) is 0 Å². The van der Waals surface area contributed by atoms with E-state index in [0.717, 1.165) is 5.92 Å². The normalized spacial score (nSPS) is 21.8. The zero-order valence-corrected chi connectivity index (χ0v) is 12.6. The Morgan fingerprint density at radius 1 is 1.21 bits per heavy atom. The van der Waals surface area contributed by atoms with Gasteiger partial charge in [0, 0.05) is 18.6 Å². The number of nitrogens with zero attached hydrogens (tertiary/aromatic N) is 1. The second kappa shape index (κ2) is 7.06. The molecule has 1 N–H and O–H groups in total. The molecule has 0 spiro atoms. The Balaban J connectivity index is 2.02. The Hall–Kier alpha value is -0.860. The Morgan fingerprint density at radius 2 is 1.95 bits per heavy atom. The van der Waals surface area contributed by atoms with Crippen LogP contribution in [0.5, 0.6) is 0 Å². The number of nitrogens with one attached hydrogen (secondary N) is 1. The molecule has 2 rings (SSSR count). The second-order valence-corrected chi connectivity index (χ2v) is 6.09. The zero-order chi connectivity index (χ0) is 13.7. The third kappa shape index (κ3) is 4.05. The molecule has 0 aliphatic carbocycles. The van der Waals surface area contributed by atoms with Gasteiger partial charge in [0.1, 0.15) is 0 Å². The number of hydrogen-bond acceptors (Lipinski definition) is 2. The summed E-state index contributed by atoms with van der Waals surface area (Å²) in [6.07, 6.45) is 2.70. The van der Waals surface area contributed by atoms with Crippen LogP contribution in [0, 0.1) is 5.92 Å². The van der Waals surface area contributed by atoms with Crippen molar-refractivity contribution in [2.75, 3.05) is 19.6 Å². The lowest BCUT2D eigenvalue weighted by Crippen LogP contribution is -2.42. The molecule has 1 fully saturated rings. The van der Waals surface area contributed by atoms with Crippen molar-refractivity contribution in [3.8, 4) is 0 Å². The quantitative estimate of drug-likeness (QED) is 0.872. The van der Waals surface area contributed by atoms with Crippen molar-refractivity contribution in [1.82, 2.24) is 10.2 Å². The number of benzene rings is 1. The fraction of sp³-hybridized carbons (Fsp3) is 0.647. The molecule has 1 aromatic carbocycles. The van der Waals surface area contributed by atoms with E-state index in [0.29, 0.717) is 12.1 Å². The molecule has 19 heavy (non-hydrogen) atoms. The molecule has 2 atom stereocenters. The van der Waals surface area contributed by atoms with Gasteiger partial charge in [0.25, 0.3) is 0 Å². The lowest BCUT2D eigenvalue weighted by Gasteiger charge is -2.37. The van der Waals surface area contributed by atoms with Crippen LogP contribution >= 0.6 is 0 Å². The van der Waals surface area contributed by atoms with Crippen LogP contribution in [-0.4, -0.2) is 30.6 Å². The SMILES string of the molecule is CC(C)N(CC1CCCNC1)C(C)c1ccccc1. The largest absolute Gasteiger partial charge is 0.316 e. The Morgan fingerprint density at radius 3 is 2.53 bits per heavy atom. The molecule has 1 aromatic rings. The maximum Gasteiger partial charge on any atom is 0.0322 e. The highest BCUT2D eigenvalue weighted by Gasteiger charge is 2.23. The third-order valence-corrected chi connectivity index (χ3v) is 4.31. The van der Waals surface area contributed by atoms with E-state index in [2.05, 4.69) is 61.3 Å². The summed E-state index contributed by atoms with van der Waals surface area (Å²) in [6, 6.07) is 12.0. The molecule has 2 unspecified atom stereocenters. The summed E-state index contributed by atoms with van der Waals surface area (Å²) >= 11 is 0. The number of rotatable bonds is 5. The summed E-state index contributed by atoms with van der Waals surface area (Å²) in [4.78, 5) is 2.65. The van der Waals surface area contributed by atoms with Crippen molar-refractivity contribution >= 4 is 0 Å². The van der Waals surface area contributed by atoms with Crippen molar-refractivity contribution in [1.29, 1.82) is 0 Å². The molecule has 1 aliphatic rings. The standard InChI is InChI=1S/C17H28N2/c1-14(2)19(13-16-8-7-11-18-12-16)15(3)17-9-5-4-6-10-17/h4-6,9-10,14-16,18H,7-8,11-13H2,1-3H3. The highest BCUT2D eigenvalue weighted by Crippen LogP contribution is 2.25. The molecular formula is C17H28N2. The molecule has 2 heteroatoms. The molecule has 1 aliphatic heterocycles. The molecule has 0 amide bonds. The predicted molar refractivity (Wildman–Crippen MR) is 82.3 cm³/mol. The van der Waals surface area contributed by atoms with E-state index in [1.54, 1.807) is 0 Å². The lowest BCUT2D eigenvalue weighted by molar-refractivity contribution is 0.127. The maximum absolute atomic E-state index is 3.53. The average molecular weight is 260 g/mol. The predicted octanol–water partition coefficient (Wildman–Crippen LogP) is 3.46. The summed E-state index contributed by atoms with van der Waals surface area (Å²) in [7, 11) is 0. The average Bonchev–Trinajstić information content (AvgIpc) is 2.46. The fourth-order valence-corrected chi connectivity index (χ4v) is 3.12. The van der Waals surface area contributed by atoms with Gasteiger partial charge >= 0.3 is 0 Å². The first-order valence-corrected chi connectivity index (χ1v) is 7.70. The number of piperidine rings is 1. The summed E-state index contributed by atoms with van der Waals surface area (Å²) in [5.41, 5.74) is 1.43. The van der Waals surface area contributed by atoms with E-state index < -0.39 is 0 Å². The molecule has 0 saturated carbocycles. The highest BCUT2D eigenvalue weighted by atomic mass is 15.2. The highest BCUT2D eigenvalue weighted by molar-refractivity contribution is 5.18. The van der Waals surface area contributed by atoms with E-state index in [1.165, 1.54) is 38.0 Å². The number of hydrogen-bond donors (Lipinski definition) is 1. The minimum atomic E-state index is 0.503. The van der Waals surface area contributed by atoms with Gasteiger partial charge in [-0.3, -0.25) is 4.90 Å². The fourth-order valence-electron chi connectivity index (χ4n) is 3.12. The van der Waals surface area contributed by atoms with Crippen LogP contribution in [0.3, 0.4) is 0 Å². The molecule has 106 valence electrons. The maximum atomic E-state index is 3.53. The van der Waals surface area contributed by atoms with Crippen LogP contribution < -0.4 is 5.32 Å². The van der Waals surface area contributed by atoms with Crippen molar-refractivity contribution < 1.29 is 0 Å². The van der Waals surface area contributed by atoms with Gasteiger partial charge in [0.2, 0.25) is 0 Å². The van der Waals surface area contributed by atoms with Crippen molar-refractivity contribution in [3.63, 3.8) is 0 Å². The topological polar surface area (TPSA) is 15.3 Å². The minimum Gasteiger partial charge on any atom is -0.316 e. The van der Waals surface area contributed by atoms with Crippen LogP contribution in [-0.2, 0) is 0 Å². The van der Waals surface area contributed by atoms with Gasteiger partial charge in [-0.15, -0.1) is 0 Å². The second-order valence-electron chi connectivity index (χ2n) is 6.09. The first-order chi connectivity index (χ1) is 9.18. The van der Waals surface area contributed by atoms with E-state index in [9.17, 15) is 0 Å². The van der Waals surface area contributed by atoms with Crippen LogP contribution in [0.15, 0.2) is 30.3 Å². The molecule has 0 bridgehead atoms. The van der Waals surface area contributed by atoms with Crippen LogP contribution in [0.1, 0.15) is 45.2 Å². The molecule has 1 heterocycles. The summed E-state index contributed by atoms with van der Waals surface area (Å²) in [5.74, 6) is 0.808. The van der Waals surface area contributed by atoms with Crippen LogP contribution in [0.25, 0.3) is 0 Å². The third-order valence-electron chi connectivity index (χ3n) is 4.31. The van der Waals surface area contributed by atoms with Crippen molar-refractivity contribution in [2.45, 2.75) is 45.7 Å². The first kappa shape index (κ1) is 14.5. The van der Waals surface area contributed by atoms with E-state index in [4.69, 9.17) is 0 Å². The summed E-state index contributed by atoms with van der Waals surface area (Å²) < 4.78 is 0. The van der Waals surface area contributed by atoms with Gasteiger partial charge < -0.3 is 5.32 Å². The Kier molecular flexibility index (Phi) is 5.41. The molecule has 2 nitrogen and oxygen atoms in total. The lowest BCUT2D eigenvalue weighted by atomic mass is 9.96. The van der Waals surface area contributed by atoms with Gasteiger partial charge in [-0.2, -0.15) is 0 Å². The summed E-state index contributed by atoms with van der Waals surface area (Å²) in [6.45, 7) is 10.6. The van der Waals surface area contributed by atoms with E-state index in [-0.39, 0.29) is 0 Å². The smallest absolute Gasteiger partial charge is 0.0322 e. The van der Waals surface area contributed by atoms with Crippen molar-refractivity contribution in [2.24, 2.45) is 5.92 Å². The monoisotopic (exact) mass is 260 g/mol. The van der Waals surface area contributed by atoms with Gasteiger partial charge in [0.05, 0.1) is 0 Å². The van der Waals surface area contributed by atoms with Gasteiger partial charge in [-0.1, -0.05) is 30.3 Å². The van der Waals surface area contributed by atoms with Crippen LogP contribution in [0.2, 0.25) is 0 Å². The summed E-state index contributed by atoms with van der Waals surface area (Å²) in [5, 5.41) is 3.53. The minimum absolute atomic E-state index is 0.503. The molecule has 1 saturated heterocycles. The van der Waals surface area contributed by atoms with Gasteiger partial charge in [-0.25, -0.2) is 0 Å². The molecule has 0 aromatic heterocycles. The first-order valence-electron chi connectivity index (χ1n) is 7.70. The Bertz CT molecular complexity index is 355. The van der Waals surface area contributed by atoms with E-state index in [1.807, 2.05) is 0 Å². The van der Waals surface area contributed by atoms with E-state index >= 15 is 0 Å². The Labute approximate surface area is 118 Å². The van der Waals surface area contributed by atoms with Crippen molar-refractivity contribution in [3.05, 3.63) is 35.9 Å². The molecular weight excluding hydrogens is 232 g/mol. The zero-order valence-electron chi connectivity index (χ0n) is 12.6.